The van der Waals surface area contributed by atoms with Gasteiger partial charge in [0.05, 0.1) is 11.7 Å². The molecule has 0 bridgehead atoms. The van der Waals surface area contributed by atoms with Gasteiger partial charge in [0, 0.05) is 12.6 Å². The Bertz CT molecular complexity index is 622. The number of amides is 1. The number of carbonyl (C=O) groups is 1. The van der Waals surface area contributed by atoms with Crippen molar-refractivity contribution in [2.75, 3.05) is 19.6 Å². The molecule has 152 valence electrons. The molecule has 1 atom stereocenters. The van der Waals surface area contributed by atoms with Gasteiger partial charge in [-0.15, -0.1) is 17.5 Å². The van der Waals surface area contributed by atoms with Crippen molar-refractivity contribution in [1.82, 2.24) is 25.2 Å². The van der Waals surface area contributed by atoms with E-state index in [1.807, 2.05) is 11.6 Å². The number of hydrogen-bond donors (Lipinski definition) is 1. The molecule has 0 spiro atoms. The molecule has 2 saturated heterocycles. The normalized spacial score (nSPS) is 24.8. The molecule has 1 amide bonds. The molecule has 1 aromatic heterocycles. The minimum absolute atomic E-state index is 0. The van der Waals surface area contributed by atoms with Crippen LogP contribution in [0.25, 0.3) is 0 Å². The quantitative estimate of drug-likeness (QED) is 0.847. The molecule has 1 aromatic rings. The van der Waals surface area contributed by atoms with Gasteiger partial charge >= 0.3 is 0 Å². The number of rotatable bonds is 4. The van der Waals surface area contributed by atoms with Gasteiger partial charge in [-0.1, -0.05) is 37.3 Å². The van der Waals surface area contributed by atoms with E-state index < -0.39 is 0 Å². The van der Waals surface area contributed by atoms with E-state index in [0.29, 0.717) is 17.8 Å². The van der Waals surface area contributed by atoms with Crippen LogP contribution < -0.4 is 5.32 Å². The van der Waals surface area contributed by atoms with Crippen LogP contribution in [0, 0.1) is 12.8 Å². The second-order valence-electron chi connectivity index (χ2n) is 8.48. The molecule has 1 saturated carbocycles. The smallest absolute Gasteiger partial charge is 0.276 e. The number of likely N-dealkylation sites (tertiary alicyclic amines) is 1. The van der Waals surface area contributed by atoms with Gasteiger partial charge in [-0.25, -0.2) is 4.68 Å². The van der Waals surface area contributed by atoms with Crippen LogP contribution >= 0.6 is 12.4 Å². The third-order valence-corrected chi connectivity index (χ3v) is 6.75. The van der Waals surface area contributed by atoms with Crippen molar-refractivity contribution in [3.63, 3.8) is 0 Å². The Balaban J connectivity index is 0.00000210. The molecule has 0 aromatic carbocycles. The number of piperidine rings is 1. The second-order valence-corrected chi connectivity index (χ2v) is 8.48. The highest BCUT2D eigenvalue weighted by Gasteiger charge is 2.34. The van der Waals surface area contributed by atoms with E-state index in [-0.39, 0.29) is 18.3 Å². The van der Waals surface area contributed by atoms with E-state index in [1.54, 1.807) is 0 Å². The van der Waals surface area contributed by atoms with E-state index in [4.69, 9.17) is 0 Å². The van der Waals surface area contributed by atoms with Gasteiger partial charge in [-0.05, 0) is 58.0 Å². The van der Waals surface area contributed by atoms with Crippen LogP contribution in [0.5, 0.6) is 0 Å². The van der Waals surface area contributed by atoms with Gasteiger partial charge in [0.25, 0.3) is 5.91 Å². The zero-order valence-electron chi connectivity index (χ0n) is 16.5. The average molecular weight is 396 g/mol. The maximum atomic E-state index is 13.2. The van der Waals surface area contributed by atoms with E-state index in [0.717, 1.165) is 56.9 Å². The first kappa shape index (κ1) is 20.6. The van der Waals surface area contributed by atoms with Crippen molar-refractivity contribution in [3.05, 3.63) is 11.4 Å². The number of halogens is 1. The average Bonchev–Trinajstić information content (AvgIpc) is 3.29. The Kier molecular flexibility index (Phi) is 7.15. The fourth-order valence-electron chi connectivity index (χ4n) is 5.23. The summed E-state index contributed by atoms with van der Waals surface area (Å²) in [4.78, 5) is 15.3. The van der Waals surface area contributed by atoms with Crippen LogP contribution in [0.2, 0.25) is 0 Å². The molecule has 6 nitrogen and oxygen atoms in total. The molecule has 7 heteroatoms. The lowest BCUT2D eigenvalue weighted by Gasteiger charge is -2.30. The molecule has 3 heterocycles. The lowest BCUT2D eigenvalue weighted by Crippen LogP contribution is -2.37. The predicted molar refractivity (Wildman–Crippen MR) is 108 cm³/mol. The zero-order valence-corrected chi connectivity index (χ0v) is 17.3. The summed E-state index contributed by atoms with van der Waals surface area (Å²) < 4.78 is 2.00. The third-order valence-electron chi connectivity index (χ3n) is 6.75. The first-order valence-corrected chi connectivity index (χ1v) is 10.7. The van der Waals surface area contributed by atoms with Gasteiger partial charge in [-0.3, -0.25) is 4.79 Å². The van der Waals surface area contributed by atoms with Gasteiger partial charge in [0.1, 0.15) is 0 Å². The zero-order chi connectivity index (χ0) is 17.9. The van der Waals surface area contributed by atoms with E-state index in [9.17, 15) is 4.79 Å². The molecule has 27 heavy (non-hydrogen) atoms. The lowest BCUT2D eigenvalue weighted by molar-refractivity contribution is 0.0704. The van der Waals surface area contributed by atoms with Crippen molar-refractivity contribution in [2.24, 2.45) is 5.92 Å². The maximum absolute atomic E-state index is 13.2. The summed E-state index contributed by atoms with van der Waals surface area (Å²) in [5.74, 6) is 0.926. The topological polar surface area (TPSA) is 63.1 Å². The molecule has 2 aliphatic heterocycles. The Morgan fingerprint density at radius 2 is 1.81 bits per heavy atom. The molecule has 1 aliphatic carbocycles. The van der Waals surface area contributed by atoms with Crippen LogP contribution in [-0.4, -0.2) is 51.5 Å². The molecule has 3 aliphatic rings. The predicted octanol–water partition coefficient (Wildman–Crippen LogP) is 3.51. The van der Waals surface area contributed by atoms with Gasteiger partial charge < -0.3 is 10.2 Å². The summed E-state index contributed by atoms with van der Waals surface area (Å²) in [7, 11) is 0. The Morgan fingerprint density at radius 3 is 2.56 bits per heavy atom. The van der Waals surface area contributed by atoms with Crippen LogP contribution in [0.3, 0.4) is 0 Å². The maximum Gasteiger partial charge on any atom is 0.276 e. The number of nitrogens with one attached hydrogen (secondary N) is 1. The van der Waals surface area contributed by atoms with Gasteiger partial charge in [-0.2, -0.15) is 0 Å². The Labute approximate surface area is 168 Å². The molecule has 0 radical (unpaired) electrons. The van der Waals surface area contributed by atoms with Gasteiger partial charge in [0.15, 0.2) is 5.69 Å². The largest absolute Gasteiger partial charge is 0.334 e. The van der Waals surface area contributed by atoms with Crippen LogP contribution in [0.4, 0.5) is 0 Å². The van der Waals surface area contributed by atoms with Crippen molar-refractivity contribution in [1.29, 1.82) is 0 Å². The second kappa shape index (κ2) is 9.37. The Hall–Kier alpha value is -1.14. The van der Waals surface area contributed by atoms with Crippen molar-refractivity contribution < 1.29 is 4.79 Å². The number of aromatic nitrogens is 3. The number of carbonyl (C=O) groups excluding carboxylic acids is 1. The SMILES string of the molecule is Cc1c(C(=O)N2CCCC2CC2CCCCC2)nnn1C1CCNCC1.Cl. The lowest BCUT2D eigenvalue weighted by atomic mass is 9.84. The highest BCUT2D eigenvalue weighted by atomic mass is 35.5. The molecule has 3 fully saturated rings. The van der Waals surface area contributed by atoms with E-state index >= 15 is 0 Å². The summed E-state index contributed by atoms with van der Waals surface area (Å²) in [6.45, 7) is 4.93. The summed E-state index contributed by atoms with van der Waals surface area (Å²) in [5.41, 5.74) is 1.53. The Morgan fingerprint density at radius 1 is 1.07 bits per heavy atom. The van der Waals surface area contributed by atoms with Crippen molar-refractivity contribution >= 4 is 18.3 Å². The minimum atomic E-state index is 0. The fraction of sp³-hybridized carbons (Fsp3) is 0.850. The highest BCUT2D eigenvalue weighted by molar-refractivity contribution is 5.93. The number of hydrogen-bond acceptors (Lipinski definition) is 4. The first-order valence-electron chi connectivity index (χ1n) is 10.7. The molecular weight excluding hydrogens is 362 g/mol. The van der Waals surface area contributed by atoms with Crippen LogP contribution in [0.1, 0.15) is 86.4 Å². The standard InChI is InChI=1S/C20H33N5O.ClH/c1-15-19(22-23-25(15)17-9-11-21-12-10-17)20(26)24-13-5-8-18(24)14-16-6-3-2-4-7-16;/h16-18,21H,2-14H2,1H3;1H. The molecule has 1 unspecified atom stereocenters. The summed E-state index contributed by atoms with van der Waals surface area (Å²) in [6, 6.07) is 0.788. The van der Waals surface area contributed by atoms with Crippen molar-refractivity contribution in [2.45, 2.75) is 83.2 Å². The molecule has 4 rings (SSSR count). The van der Waals surface area contributed by atoms with Crippen LogP contribution in [-0.2, 0) is 0 Å². The highest BCUT2D eigenvalue weighted by Crippen LogP contribution is 2.33. The minimum Gasteiger partial charge on any atom is -0.334 e. The summed E-state index contributed by atoms with van der Waals surface area (Å²) in [6.07, 6.45) is 12.4. The van der Waals surface area contributed by atoms with Gasteiger partial charge in [0.2, 0.25) is 0 Å². The monoisotopic (exact) mass is 395 g/mol. The van der Waals surface area contributed by atoms with E-state index in [2.05, 4.69) is 20.5 Å². The third kappa shape index (κ3) is 4.48. The fourth-order valence-corrected chi connectivity index (χ4v) is 5.23. The summed E-state index contributed by atoms with van der Waals surface area (Å²) >= 11 is 0. The van der Waals surface area contributed by atoms with Crippen LogP contribution in [0.15, 0.2) is 0 Å². The van der Waals surface area contributed by atoms with Crippen molar-refractivity contribution in [3.8, 4) is 0 Å². The summed E-state index contributed by atoms with van der Waals surface area (Å²) in [5, 5.41) is 12.1. The molecule has 1 N–H and O–H groups in total. The molecular formula is C20H34ClN5O. The first-order chi connectivity index (χ1) is 12.7. The number of nitrogens with zero attached hydrogens (tertiary/aromatic N) is 4. The van der Waals surface area contributed by atoms with E-state index in [1.165, 1.54) is 38.5 Å².